The summed E-state index contributed by atoms with van der Waals surface area (Å²) < 4.78 is 9.87. The summed E-state index contributed by atoms with van der Waals surface area (Å²) in [5, 5.41) is 9.72. The minimum atomic E-state index is -0.480. The van der Waals surface area contributed by atoms with Gasteiger partial charge in [-0.15, -0.1) is 0 Å². The average Bonchev–Trinajstić information content (AvgIpc) is 2.89. The first-order valence-corrected chi connectivity index (χ1v) is 7.16. The first-order valence-electron chi connectivity index (χ1n) is 7.16. The summed E-state index contributed by atoms with van der Waals surface area (Å²) in [4.78, 5) is 29.6. The molecule has 22 heavy (non-hydrogen) atoms. The Balaban J connectivity index is 2.01. The Hall–Kier alpha value is -2.31. The molecule has 0 aromatic carbocycles. The highest BCUT2D eigenvalue weighted by atomic mass is 16.5. The minimum absolute atomic E-state index is 0.0459. The van der Waals surface area contributed by atoms with Crippen LogP contribution in [0.25, 0.3) is 0 Å². The predicted molar refractivity (Wildman–Crippen MR) is 77.1 cm³/mol. The third-order valence-electron chi connectivity index (χ3n) is 3.55. The molecule has 0 saturated carbocycles. The largest absolute Gasteiger partial charge is 0.503 e. The van der Waals surface area contributed by atoms with Crippen molar-refractivity contribution in [3.8, 4) is 11.6 Å². The molecule has 1 aromatic heterocycles. The number of hydrogen-bond acceptors (Lipinski definition) is 6. The number of hydrogen-bond donors (Lipinski definition) is 1. The third kappa shape index (κ3) is 3.29. The van der Waals surface area contributed by atoms with Gasteiger partial charge in [-0.1, -0.05) is 6.92 Å². The molecule has 0 fully saturated rings. The molecule has 7 heteroatoms. The van der Waals surface area contributed by atoms with E-state index in [-0.39, 0.29) is 29.9 Å². The van der Waals surface area contributed by atoms with Crippen LogP contribution in [-0.2, 0) is 27.4 Å². The second kappa shape index (κ2) is 6.64. The van der Waals surface area contributed by atoms with Gasteiger partial charge in [-0.3, -0.25) is 9.59 Å². The Kier molecular flexibility index (Phi) is 4.85. The van der Waals surface area contributed by atoms with Crippen molar-refractivity contribution in [2.24, 2.45) is 5.92 Å². The number of fused-ring (bicyclic) bond motifs is 1. The van der Waals surface area contributed by atoms with Crippen LogP contribution in [0.5, 0.6) is 11.6 Å². The highest BCUT2D eigenvalue weighted by molar-refractivity contribution is 5.83. The maximum Gasteiger partial charge on any atom is 0.309 e. The molecule has 120 valence electrons. The quantitative estimate of drug-likeness (QED) is 0.823. The lowest BCUT2D eigenvalue weighted by Gasteiger charge is -2.17. The molecule has 1 aromatic rings. The van der Waals surface area contributed by atoms with Crippen molar-refractivity contribution in [3.63, 3.8) is 0 Å². The van der Waals surface area contributed by atoms with Crippen LogP contribution in [0.3, 0.4) is 0 Å². The van der Waals surface area contributed by atoms with Gasteiger partial charge in [0.2, 0.25) is 5.91 Å². The molecular weight excluding hydrogens is 288 g/mol. The molecule has 0 unspecified atom stereocenters. The van der Waals surface area contributed by atoms with Gasteiger partial charge in [-0.2, -0.15) is 0 Å². The average molecular weight is 308 g/mol. The van der Waals surface area contributed by atoms with Gasteiger partial charge in [-0.05, 0) is 18.6 Å². The first-order chi connectivity index (χ1) is 10.5. The smallest absolute Gasteiger partial charge is 0.309 e. The number of nitrogens with zero attached hydrogens (tertiary/aromatic N) is 2. The van der Waals surface area contributed by atoms with E-state index < -0.39 is 5.92 Å². The van der Waals surface area contributed by atoms with Gasteiger partial charge >= 0.3 is 5.97 Å². The molecule has 1 aliphatic heterocycles. The number of methoxy groups -OCH3 is 1. The zero-order chi connectivity index (χ0) is 16.3. The topological polar surface area (TPSA) is 89.0 Å². The Labute approximate surface area is 128 Å². The van der Waals surface area contributed by atoms with E-state index in [1.807, 2.05) is 0 Å². The fraction of sp³-hybridized carbons (Fsp3) is 0.533. The number of esters is 1. The maximum absolute atomic E-state index is 12.3. The molecule has 0 saturated heterocycles. The summed E-state index contributed by atoms with van der Waals surface area (Å²) in [5.41, 5.74) is 1.49. The van der Waals surface area contributed by atoms with E-state index in [9.17, 15) is 14.7 Å². The molecule has 0 bridgehead atoms. The Morgan fingerprint density at radius 2 is 2.18 bits per heavy atom. The van der Waals surface area contributed by atoms with Crippen LogP contribution in [0, 0.1) is 5.92 Å². The lowest BCUT2D eigenvalue weighted by atomic mass is 10.1. The van der Waals surface area contributed by atoms with E-state index in [2.05, 4.69) is 4.98 Å². The van der Waals surface area contributed by atoms with E-state index in [1.54, 1.807) is 24.8 Å². The van der Waals surface area contributed by atoms with Crippen molar-refractivity contribution in [2.75, 3.05) is 13.7 Å². The Morgan fingerprint density at radius 3 is 2.82 bits per heavy atom. The summed E-state index contributed by atoms with van der Waals surface area (Å²) in [6, 6.07) is 1.56. The zero-order valence-corrected chi connectivity index (χ0v) is 13.0. The lowest BCUT2D eigenvalue weighted by Crippen LogP contribution is -2.29. The van der Waals surface area contributed by atoms with Crippen molar-refractivity contribution >= 4 is 11.9 Å². The van der Waals surface area contributed by atoms with Crippen molar-refractivity contribution in [1.29, 1.82) is 0 Å². The molecule has 7 nitrogen and oxygen atoms in total. The van der Waals surface area contributed by atoms with E-state index >= 15 is 0 Å². The molecule has 1 aliphatic rings. The van der Waals surface area contributed by atoms with Crippen LogP contribution in [0.2, 0.25) is 0 Å². The van der Waals surface area contributed by atoms with Gasteiger partial charge in [0.15, 0.2) is 5.75 Å². The lowest BCUT2D eigenvalue weighted by molar-refractivity contribution is -0.150. The molecule has 2 rings (SSSR count). The van der Waals surface area contributed by atoms with Gasteiger partial charge in [-0.25, -0.2) is 4.98 Å². The van der Waals surface area contributed by atoms with Crippen LogP contribution >= 0.6 is 0 Å². The number of aromatic nitrogens is 1. The van der Waals surface area contributed by atoms with Crippen LogP contribution in [0.4, 0.5) is 0 Å². The fourth-order valence-electron chi connectivity index (χ4n) is 2.36. The zero-order valence-electron chi connectivity index (χ0n) is 13.0. The van der Waals surface area contributed by atoms with Crippen molar-refractivity contribution < 1.29 is 24.2 Å². The number of pyridine rings is 1. The fourth-order valence-corrected chi connectivity index (χ4v) is 2.36. The van der Waals surface area contributed by atoms with E-state index in [0.29, 0.717) is 25.4 Å². The summed E-state index contributed by atoms with van der Waals surface area (Å²) >= 11 is 0. The molecule has 2 heterocycles. The van der Waals surface area contributed by atoms with Gasteiger partial charge in [0.25, 0.3) is 5.88 Å². The molecule has 1 N–H and O–H groups in total. The van der Waals surface area contributed by atoms with Crippen molar-refractivity contribution in [2.45, 2.75) is 33.4 Å². The second-order valence-electron chi connectivity index (χ2n) is 5.23. The van der Waals surface area contributed by atoms with E-state index in [0.717, 1.165) is 5.56 Å². The third-order valence-corrected chi connectivity index (χ3v) is 3.55. The van der Waals surface area contributed by atoms with Crippen LogP contribution in [-0.4, -0.2) is 40.6 Å². The highest BCUT2D eigenvalue weighted by Crippen LogP contribution is 2.31. The normalized spacial score (nSPS) is 14.4. The SMILES string of the molecule is CCOC(=O)[C@@H](C)CC(=O)N1Cc2cc(O)c(OC)nc2C1. The van der Waals surface area contributed by atoms with E-state index in [4.69, 9.17) is 9.47 Å². The summed E-state index contributed by atoms with van der Waals surface area (Å²) in [5.74, 6) is -0.891. The van der Waals surface area contributed by atoms with Gasteiger partial charge in [0, 0.05) is 13.0 Å². The molecule has 0 radical (unpaired) electrons. The summed E-state index contributed by atoms with van der Waals surface area (Å²) in [6.45, 7) is 4.42. The minimum Gasteiger partial charge on any atom is -0.503 e. The number of amides is 1. The monoisotopic (exact) mass is 308 g/mol. The Morgan fingerprint density at radius 1 is 1.45 bits per heavy atom. The van der Waals surface area contributed by atoms with Gasteiger partial charge < -0.3 is 19.5 Å². The number of carbonyl (C=O) groups is 2. The number of ether oxygens (including phenoxy) is 2. The van der Waals surface area contributed by atoms with Crippen LogP contribution in [0.1, 0.15) is 31.5 Å². The molecular formula is C15H20N2O5. The highest BCUT2D eigenvalue weighted by Gasteiger charge is 2.28. The number of aromatic hydroxyl groups is 1. The summed E-state index contributed by atoms with van der Waals surface area (Å²) in [7, 11) is 1.42. The maximum atomic E-state index is 12.3. The second-order valence-corrected chi connectivity index (χ2v) is 5.23. The molecule has 1 atom stereocenters. The number of rotatable bonds is 5. The van der Waals surface area contributed by atoms with E-state index in [1.165, 1.54) is 7.11 Å². The molecule has 0 spiro atoms. The van der Waals surface area contributed by atoms with Crippen LogP contribution in [0.15, 0.2) is 6.07 Å². The number of carbonyl (C=O) groups excluding carboxylic acids is 2. The predicted octanol–water partition coefficient (Wildman–Crippen LogP) is 1.23. The summed E-state index contributed by atoms with van der Waals surface area (Å²) in [6.07, 6.45) is 0.0932. The van der Waals surface area contributed by atoms with Gasteiger partial charge in [0.05, 0.1) is 31.9 Å². The Bertz CT molecular complexity index is 588. The first kappa shape index (κ1) is 16.1. The molecule has 0 aliphatic carbocycles. The molecule has 1 amide bonds. The van der Waals surface area contributed by atoms with Crippen molar-refractivity contribution in [1.82, 2.24) is 9.88 Å². The van der Waals surface area contributed by atoms with Crippen LogP contribution < -0.4 is 4.74 Å². The standard InChI is InChI=1S/C15H20N2O5/c1-4-22-15(20)9(2)5-13(19)17-7-10-6-12(18)14(21-3)16-11(10)8-17/h6,9,18H,4-5,7-8H2,1-3H3/t9-/m0/s1. The van der Waals surface area contributed by atoms with Gasteiger partial charge in [0.1, 0.15) is 0 Å². The van der Waals surface area contributed by atoms with Crippen molar-refractivity contribution in [3.05, 3.63) is 17.3 Å².